The van der Waals surface area contributed by atoms with E-state index in [-0.39, 0.29) is 5.91 Å². The maximum Gasteiger partial charge on any atom is 0.253 e. The van der Waals surface area contributed by atoms with Gasteiger partial charge in [0.15, 0.2) is 0 Å². The first kappa shape index (κ1) is 18.5. The SMILES string of the molecule is CC(C)COc1ccc(C(=O)NCc2cccnc2-c2cccnc2)cn1. The van der Waals surface area contributed by atoms with Crippen LogP contribution in [-0.4, -0.2) is 27.5 Å². The Labute approximate surface area is 158 Å². The number of nitrogens with zero attached hydrogens (tertiary/aromatic N) is 3. The zero-order valence-electron chi connectivity index (χ0n) is 15.4. The maximum atomic E-state index is 12.4. The number of carbonyl (C=O) groups is 1. The Kier molecular flexibility index (Phi) is 6.10. The molecule has 0 radical (unpaired) electrons. The Morgan fingerprint density at radius 2 is 1.93 bits per heavy atom. The number of carbonyl (C=O) groups excluding carboxylic acids is 1. The number of hydrogen-bond donors (Lipinski definition) is 1. The predicted octanol–water partition coefficient (Wildman–Crippen LogP) is 3.50. The van der Waals surface area contributed by atoms with Crippen molar-refractivity contribution in [2.75, 3.05) is 6.61 Å². The molecular formula is C21H22N4O2. The molecule has 0 aliphatic heterocycles. The molecule has 0 saturated carbocycles. The van der Waals surface area contributed by atoms with Crippen LogP contribution in [-0.2, 0) is 6.54 Å². The molecule has 6 nitrogen and oxygen atoms in total. The van der Waals surface area contributed by atoms with Gasteiger partial charge in [0, 0.05) is 43.0 Å². The molecule has 3 aromatic heterocycles. The summed E-state index contributed by atoms with van der Waals surface area (Å²) in [6.45, 7) is 5.10. The number of rotatable bonds is 7. The van der Waals surface area contributed by atoms with Crippen LogP contribution in [0.4, 0.5) is 0 Å². The summed E-state index contributed by atoms with van der Waals surface area (Å²) in [7, 11) is 0. The van der Waals surface area contributed by atoms with Crippen LogP contribution < -0.4 is 10.1 Å². The quantitative estimate of drug-likeness (QED) is 0.696. The van der Waals surface area contributed by atoms with Crippen molar-refractivity contribution < 1.29 is 9.53 Å². The fourth-order valence-corrected chi connectivity index (χ4v) is 2.47. The molecule has 0 atom stereocenters. The number of ether oxygens (including phenoxy) is 1. The summed E-state index contributed by atoms with van der Waals surface area (Å²) in [6.07, 6.45) is 6.73. The van der Waals surface area contributed by atoms with E-state index in [9.17, 15) is 4.79 Å². The van der Waals surface area contributed by atoms with Crippen LogP contribution in [0.5, 0.6) is 5.88 Å². The molecule has 0 bridgehead atoms. The fraction of sp³-hybridized carbons (Fsp3) is 0.238. The highest BCUT2D eigenvalue weighted by molar-refractivity contribution is 5.93. The molecular weight excluding hydrogens is 340 g/mol. The highest BCUT2D eigenvalue weighted by atomic mass is 16.5. The number of nitrogens with one attached hydrogen (secondary N) is 1. The third-order valence-corrected chi connectivity index (χ3v) is 3.83. The standard InChI is InChI=1S/C21H22N4O2/c1-15(2)14-27-19-8-7-18(13-24-19)21(26)25-12-17-6-4-10-23-20(17)16-5-3-9-22-11-16/h3-11,13,15H,12,14H2,1-2H3,(H,25,26). The van der Waals surface area contributed by atoms with E-state index < -0.39 is 0 Å². The average Bonchev–Trinajstić information content (AvgIpc) is 2.71. The van der Waals surface area contributed by atoms with Gasteiger partial charge in [-0.15, -0.1) is 0 Å². The number of aromatic nitrogens is 3. The van der Waals surface area contributed by atoms with Crippen LogP contribution in [0, 0.1) is 5.92 Å². The number of amides is 1. The molecule has 27 heavy (non-hydrogen) atoms. The lowest BCUT2D eigenvalue weighted by atomic mass is 10.1. The largest absolute Gasteiger partial charge is 0.477 e. The predicted molar refractivity (Wildman–Crippen MR) is 103 cm³/mol. The first-order valence-electron chi connectivity index (χ1n) is 8.85. The van der Waals surface area contributed by atoms with E-state index in [1.165, 1.54) is 6.20 Å². The smallest absolute Gasteiger partial charge is 0.253 e. The lowest BCUT2D eigenvalue weighted by Gasteiger charge is -2.10. The molecule has 0 spiro atoms. The van der Waals surface area contributed by atoms with Gasteiger partial charge < -0.3 is 10.1 Å². The second-order valence-electron chi connectivity index (χ2n) is 6.53. The molecule has 3 aromatic rings. The summed E-state index contributed by atoms with van der Waals surface area (Å²) in [5, 5.41) is 2.91. The first-order chi connectivity index (χ1) is 13.1. The van der Waals surface area contributed by atoms with Crippen LogP contribution in [0.3, 0.4) is 0 Å². The number of pyridine rings is 3. The van der Waals surface area contributed by atoms with Crippen molar-refractivity contribution in [1.29, 1.82) is 0 Å². The lowest BCUT2D eigenvalue weighted by molar-refractivity contribution is 0.0950. The van der Waals surface area contributed by atoms with Crippen LogP contribution >= 0.6 is 0 Å². The minimum Gasteiger partial charge on any atom is -0.477 e. The van der Waals surface area contributed by atoms with Crippen molar-refractivity contribution in [3.05, 3.63) is 72.3 Å². The van der Waals surface area contributed by atoms with Gasteiger partial charge in [-0.2, -0.15) is 0 Å². The third kappa shape index (κ3) is 5.10. The van der Waals surface area contributed by atoms with Gasteiger partial charge in [0.25, 0.3) is 5.91 Å². The van der Waals surface area contributed by atoms with E-state index in [0.29, 0.717) is 30.5 Å². The Morgan fingerprint density at radius 3 is 2.63 bits per heavy atom. The van der Waals surface area contributed by atoms with E-state index in [2.05, 4.69) is 34.1 Å². The van der Waals surface area contributed by atoms with Gasteiger partial charge in [-0.25, -0.2) is 4.98 Å². The van der Waals surface area contributed by atoms with Gasteiger partial charge in [-0.1, -0.05) is 19.9 Å². The molecule has 0 aromatic carbocycles. The van der Waals surface area contributed by atoms with Crippen molar-refractivity contribution in [1.82, 2.24) is 20.3 Å². The molecule has 6 heteroatoms. The molecule has 1 amide bonds. The Morgan fingerprint density at radius 1 is 1.07 bits per heavy atom. The van der Waals surface area contributed by atoms with E-state index in [1.807, 2.05) is 24.3 Å². The molecule has 0 fully saturated rings. The van der Waals surface area contributed by atoms with E-state index in [0.717, 1.165) is 16.8 Å². The van der Waals surface area contributed by atoms with E-state index in [1.54, 1.807) is 30.7 Å². The summed E-state index contributed by atoms with van der Waals surface area (Å²) in [5.41, 5.74) is 3.12. The van der Waals surface area contributed by atoms with Crippen molar-refractivity contribution >= 4 is 5.91 Å². The van der Waals surface area contributed by atoms with E-state index in [4.69, 9.17) is 4.74 Å². The molecule has 0 aliphatic carbocycles. The molecule has 138 valence electrons. The summed E-state index contributed by atoms with van der Waals surface area (Å²) in [4.78, 5) is 25.2. The Balaban J connectivity index is 1.65. The van der Waals surface area contributed by atoms with E-state index >= 15 is 0 Å². The first-order valence-corrected chi connectivity index (χ1v) is 8.85. The van der Waals surface area contributed by atoms with Gasteiger partial charge in [0.1, 0.15) is 0 Å². The average molecular weight is 362 g/mol. The Bertz CT molecular complexity index is 880. The van der Waals surface area contributed by atoms with Crippen molar-refractivity contribution in [2.24, 2.45) is 5.92 Å². The van der Waals surface area contributed by atoms with Crippen molar-refractivity contribution in [2.45, 2.75) is 20.4 Å². The highest BCUT2D eigenvalue weighted by Gasteiger charge is 2.10. The van der Waals surface area contributed by atoms with Crippen LogP contribution in [0.1, 0.15) is 29.8 Å². The van der Waals surface area contributed by atoms with Crippen LogP contribution in [0.15, 0.2) is 61.2 Å². The summed E-state index contributed by atoms with van der Waals surface area (Å²) < 4.78 is 5.54. The summed E-state index contributed by atoms with van der Waals surface area (Å²) in [5.74, 6) is 0.744. The minimum absolute atomic E-state index is 0.195. The second kappa shape index (κ2) is 8.89. The zero-order chi connectivity index (χ0) is 19.1. The topological polar surface area (TPSA) is 77.0 Å². The monoisotopic (exact) mass is 362 g/mol. The van der Waals surface area contributed by atoms with Crippen LogP contribution in [0.2, 0.25) is 0 Å². The van der Waals surface area contributed by atoms with Gasteiger partial charge in [-0.3, -0.25) is 14.8 Å². The molecule has 0 aliphatic rings. The zero-order valence-corrected chi connectivity index (χ0v) is 15.4. The highest BCUT2D eigenvalue weighted by Crippen LogP contribution is 2.20. The fourth-order valence-electron chi connectivity index (χ4n) is 2.47. The maximum absolute atomic E-state index is 12.4. The third-order valence-electron chi connectivity index (χ3n) is 3.83. The molecule has 0 saturated heterocycles. The lowest BCUT2D eigenvalue weighted by Crippen LogP contribution is -2.23. The molecule has 3 rings (SSSR count). The molecule has 0 unspecified atom stereocenters. The normalized spacial score (nSPS) is 10.6. The van der Waals surface area contributed by atoms with Crippen molar-refractivity contribution in [3.63, 3.8) is 0 Å². The molecule has 3 heterocycles. The van der Waals surface area contributed by atoms with Crippen molar-refractivity contribution in [3.8, 4) is 17.1 Å². The van der Waals surface area contributed by atoms with Crippen LogP contribution in [0.25, 0.3) is 11.3 Å². The minimum atomic E-state index is -0.195. The summed E-state index contributed by atoms with van der Waals surface area (Å²) in [6, 6.07) is 11.0. The van der Waals surface area contributed by atoms with Gasteiger partial charge in [-0.05, 0) is 35.7 Å². The second-order valence-corrected chi connectivity index (χ2v) is 6.53. The molecule has 1 N–H and O–H groups in total. The Hall–Kier alpha value is -3.28. The van der Waals surface area contributed by atoms with Gasteiger partial charge in [0.05, 0.1) is 17.9 Å². The number of hydrogen-bond acceptors (Lipinski definition) is 5. The summed E-state index contributed by atoms with van der Waals surface area (Å²) >= 11 is 0. The van der Waals surface area contributed by atoms with Gasteiger partial charge in [0.2, 0.25) is 5.88 Å². The van der Waals surface area contributed by atoms with Gasteiger partial charge >= 0.3 is 0 Å².